The fourth-order valence-corrected chi connectivity index (χ4v) is 5.53. The van der Waals surface area contributed by atoms with E-state index in [2.05, 4.69) is 14.9 Å². The Hall–Kier alpha value is -4.31. The number of pyridine rings is 1. The normalized spacial score (nSPS) is 12.2. The lowest BCUT2D eigenvalue weighted by atomic mass is 10.0. The van der Waals surface area contributed by atoms with Gasteiger partial charge in [-0.25, -0.2) is 17.2 Å². The number of fused-ring (bicyclic) bond motifs is 1. The molecular formula is C25H17F5N4O5S2. The highest BCUT2D eigenvalue weighted by Crippen LogP contribution is 2.43. The van der Waals surface area contributed by atoms with Crippen LogP contribution in [0.4, 0.5) is 27.6 Å². The molecule has 3 aromatic heterocycles. The highest BCUT2D eigenvalue weighted by Gasteiger charge is 2.38. The standard InChI is InChI=1S/C25H17F5N4O5S2/c1-3-41(36,37)33-13-5-7-18(38-19-6-4-12(26)8-17(19)27)14(9-13)16-11-34(2)23(35)15-10-20(40-21(15)16)22-31-32-24(39-22)25(28,29)30/h4-11,33H,3H2,1-2H3. The van der Waals surface area contributed by atoms with E-state index in [0.29, 0.717) is 6.07 Å². The molecule has 41 heavy (non-hydrogen) atoms. The summed E-state index contributed by atoms with van der Waals surface area (Å²) in [5.41, 5.74) is 0.0699. The third-order valence-electron chi connectivity index (χ3n) is 5.77. The lowest BCUT2D eigenvalue weighted by Crippen LogP contribution is -2.16. The summed E-state index contributed by atoms with van der Waals surface area (Å²) in [6.07, 6.45) is -3.47. The highest BCUT2D eigenvalue weighted by atomic mass is 32.2. The maximum atomic E-state index is 14.5. The summed E-state index contributed by atoms with van der Waals surface area (Å²) < 4.78 is 106. The number of aryl methyl sites for hydroxylation is 1. The van der Waals surface area contributed by atoms with E-state index in [1.165, 1.54) is 49.0 Å². The van der Waals surface area contributed by atoms with Crippen molar-refractivity contribution in [3.63, 3.8) is 0 Å². The van der Waals surface area contributed by atoms with Crippen LogP contribution in [0.5, 0.6) is 11.5 Å². The average Bonchev–Trinajstić information content (AvgIpc) is 3.57. The van der Waals surface area contributed by atoms with Crippen LogP contribution < -0.4 is 15.0 Å². The van der Waals surface area contributed by atoms with Gasteiger partial charge in [-0.2, -0.15) is 13.2 Å². The van der Waals surface area contributed by atoms with E-state index in [0.717, 1.165) is 23.5 Å². The van der Waals surface area contributed by atoms with Crippen LogP contribution in [0.3, 0.4) is 0 Å². The molecule has 0 unspecified atom stereocenters. The largest absolute Gasteiger partial charge is 0.470 e. The van der Waals surface area contributed by atoms with Crippen LogP contribution in [0, 0.1) is 11.6 Å². The van der Waals surface area contributed by atoms with Crippen LogP contribution in [-0.4, -0.2) is 28.9 Å². The van der Waals surface area contributed by atoms with Crippen molar-refractivity contribution in [2.24, 2.45) is 7.05 Å². The Morgan fingerprint density at radius 3 is 2.44 bits per heavy atom. The quantitative estimate of drug-likeness (QED) is 0.219. The van der Waals surface area contributed by atoms with Gasteiger partial charge < -0.3 is 13.7 Å². The first-order valence-electron chi connectivity index (χ1n) is 11.6. The van der Waals surface area contributed by atoms with Crippen molar-refractivity contribution in [3.8, 4) is 33.4 Å². The van der Waals surface area contributed by atoms with Gasteiger partial charge in [-0.1, -0.05) is 0 Å². The number of ether oxygens (including phenoxy) is 1. The minimum Gasteiger partial charge on any atom is -0.454 e. The number of aromatic nitrogens is 3. The van der Waals surface area contributed by atoms with E-state index in [1.54, 1.807) is 0 Å². The molecule has 5 aromatic rings. The molecule has 3 heterocycles. The van der Waals surface area contributed by atoms with Crippen molar-refractivity contribution in [2.45, 2.75) is 13.1 Å². The summed E-state index contributed by atoms with van der Waals surface area (Å²) in [7, 11) is -2.29. The number of halogens is 5. The average molecular weight is 613 g/mol. The molecule has 0 atom stereocenters. The predicted molar refractivity (Wildman–Crippen MR) is 140 cm³/mol. The zero-order valence-electron chi connectivity index (χ0n) is 20.9. The second-order valence-corrected chi connectivity index (χ2v) is 11.7. The monoisotopic (exact) mass is 612 g/mol. The fourth-order valence-electron chi connectivity index (χ4n) is 3.81. The van der Waals surface area contributed by atoms with E-state index in [-0.39, 0.29) is 49.0 Å². The molecule has 9 nitrogen and oxygen atoms in total. The van der Waals surface area contributed by atoms with Crippen LogP contribution in [0.25, 0.3) is 32.0 Å². The Balaban J connectivity index is 1.72. The number of rotatable bonds is 7. The molecule has 0 radical (unpaired) electrons. The maximum absolute atomic E-state index is 14.5. The molecule has 0 bridgehead atoms. The lowest BCUT2D eigenvalue weighted by molar-refractivity contribution is -0.156. The maximum Gasteiger partial charge on any atom is 0.470 e. The Morgan fingerprint density at radius 2 is 1.78 bits per heavy atom. The molecule has 0 fully saturated rings. The van der Waals surface area contributed by atoms with E-state index in [9.17, 15) is 35.2 Å². The Kier molecular flexibility index (Phi) is 7.07. The molecule has 0 aliphatic carbocycles. The number of hydrogen-bond donors (Lipinski definition) is 1. The summed E-state index contributed by atoms with van der Waals surface area (Å²) in [5, 5.41) is 6.54. The molecule has 5 rings (SSSR count). The summed E-state index contributed by atoms with van der Waals surface area (Å²) in [4.78, 5) is 13.0. The van der Waals surface area contributed by atoms with Gasteiger partial charge in [-0.3, -0.25) is 9.52 Å². The zero-order chi connectivity index (χ0) is 29.7. The fraction of sp³-hybridized carbons (Fsp3) is 0.160. The second-order valence-electron chi connectivity index (χ2n) is 8.62. The highest BCUT2D eigenvalue weighted by molar-refractivity contribution is 7.92. The van der Waals surface area contributed by atoms with Crippen molar-refractivity contribution < 1.29 is 39.5 Å². The smallest absolute Gasteiger partial charge is 0.454 e. The lowest BCUT2D eigenvalue weighted by Gasteiger charge is -2.16. The van der Waals surface area contributed by atoms with Crippen LogP contribution in [0.2, 0.25) is 0 Å². The van der Waals surface area contributed by atoms with Gasteiger partial charge in [0.05, 0.1) is 20.7 Å². The molecule has 0 aliphatic rings. The Labute approximate surface area is 231 Å². The SMILES string of the molecule is CCS(=O)(=O)Nc1ccc(Oc2ccc(F)cc2F)c(-c2cn(C)c(=O)c3cc(-c4nnc(C(F)(F)F)o4)sc23)c1. The molecule has 16 heteroatoms. The van der Waals surface area contributed by atoms with Gasteiger partial charge in [0.1, 0.15) is 11.6 Å². The Bertz CT molecular complexity index is 1970. The first-order chi connectivity index (χ1) is 19.3. The van der Waals surface area contributed by atoms with Gasteiger partial charge in [0, 0.05) is 36.1 Å². The van der Waals surface area contributed by atoms with Crippen molar-refractivity contribution in [3.05, 3.63) is 76.5 Å². The number of alkyl halides is 3. The molecule has 0 saturated carbocycles. The van der Waals surface area contributed by atoms with Crippen molar-refractivity contribution in [2.75, 3.05) is 10.5 Å². The number of nitrogens with one attached hydrogen (secondary N) is 1. The molecule has 0 spiro atoms. The number of sulfonamides is 1. The molecule has 0 aliphatic heterocycles. The van der Waals surface area contributed by atoms with Crippen LogP contribution in [0.1, 0.15) is 12.8 Å². The first kappa shape index (κ1) is 28.2. The topological polar surface area (TPSA) is 116 Å². The summed E-state index contributed by atoms with van der Waals surface area (Å²) in [6.45, 7) is 1.43. The number of anilines is 1. The number of hydrogen-bond acceptors (Lipinski definition) is 8. The third kappa shape index (κ3) is 5.65. The predicted octanol–water partition coefficient (Wildman–Crippen LogP) is 6.17. The summed E-state index contributed by atoms with van der Waals surface area (Å²) in [5.74, 6) is -4.45. The zero-order valence-corrected chi connectivity index (χ0v) is 22.5. The molecule has 0 amide bonds. The van der Waals surface area contributed by atoms with E-state index < -0.39 is 45.2 Å². The van der Waals surface area contributed by atoms with Crippen LogP contribution in [-0.2, 0) is 23.2 Å². The van der Waals surface area contributed by atoms with Gasteiger partial charge in [0.15, 0.2) is 11.6 Å². The molecule has 0 saturated heterocycles. The number of nitrogens with zero attached hydrogens (tertiary/aromatic N) is 3. The minimum absolute atomic E-state index is 0.00185. The van der Waals surface area contributed by atoms with Crippen molar-refractivity contribution in [1.82, 2.24) is 14.8 Å². The third-order valence-corrected chi connectivity index (χ3v) is 8.23. The van der Waals surface area contributed by atoms with E-state index >= 15 is 0 Å². The van der Waals surface area contributed by atoms with E-state index in [1.807, 2.05) is 0 Å². The van der Waals surface area contributed by atoms with Gasteiger partial charge in [0.25, 0.3) is 11.4 Å². The van der Waals surface area contributed by atoms with Crippen molar-refractivity contribution >= 4 is 37.1 Å². The minimum atomic E-state index is -4.88. The molecular weight excluding hydrogens is 595 g/mol. The number of thiophene rings is 1. The van der Waals surface area contributed by atoms with Gasteiger partial charge in [-0.05, 0) is 43.3 Å². The molecule has 214 valence electrons. The van der Waals surface area contributed by atoms with Crippen LogP contribution >= 0.6 is 11.3 Å². The Morgan fingerprint density at radius 1 is 1.05 bits per heavy atom. The van der Waals surface area contributed by atoms with Gasteiger partial charge >= 0.3 is 12.1 Å². The molecule has 1 N–H and O–H groups in total. The summed E-state index contributed by atoms with van der Waals surface area (Å²) in [6, 6.07) is 8.07. The van der Waals surface area contributed by atoms with Gasteiger partial charge in [0.2, 0.25) is 10.0 Å². The summed E-state index contributed by atoms with van der Waals surface area (Å²) >= 11 is 0.867. The molecule has 2 aromatic carbocycles. The van der Waals surface area contributed by atoms with Crippen molar-refractivity contribution in [1.29, 1.82) is 0 Å². The first-order valence-corrected chi connectivity index (χ1v) is 14.0. The van der Waals surface area contributed by atoms with Gasteiger partial charge in [-0.15, -0.1) is 21.5 Å². The van der Waals surface area contributed by atoms with Crippen LogP contribution in [0.15, 0.2) is 57.9 Å². The number of benzene rings is 2. The van der Waals surface area contributed by atoms with E-state index in [4.69, 9.17) is 9.15 Å². The second kappa shape index (κ2) is 10.3.